The maximum Gasteiger partial charge on any atom is 0.175 e. The third-order valence-corrected chi connectivity index (χ3v) is 6.22. The molecule has 154 valence electrons. The molecular weight excluding hydrogens is 361 g/mol. The summed E-state index contributed by atoms with van der Waals surface area (Å²) in [5.41, 5.74) is 0.349. The van der Waals surface area contributed by atoms with E-state index in [0.717, 1.165) is 12.3 Å². The second-order valence-corrected chi connectivity index (χ2v) is 8.14. The fourth-order valence-corrected chi connectivity index (χ4v) is 4.53. The van der Waals surface area contributed by atoms with Crippen LogP contribution in [0, 0.1) is 29.3 Å². The van der Waals surface area contributed by atoms with Gasteiger partial charge in [0.15, 0.2) is 23.2 Å². The van der Waals surface area contributed by atoms with Gasteiger partial charge in [0.2, 0.25) is 0 Å². The van der Waals surface area contributed by atoms with E-state index < -0.39 is 17.5 Å². The van der Waals surface area contributed by atoms with E-state index in [-0.39, 0.29) is 17.7 Å². The van der Waals surface area contributed by atoms with Crippen LogP contribution in [0.1, 0.15) is 70.8 Å². The molecule has 3 rings (SSSR count). The summed E-state index contributed by atoms with van der Waals surface area (Å²) in [4.78, 5) is 0. The Morgan fingerprint density at radius 1 is 0.893 bits per heavy atom. The van der Waals surface area contributed by atoms with Crippen LogP contribution < -0.4 is 4.74 Å². The highest BCUT2D eigenvalue weighted by Gasteiger charge is 2.23. The van der Waals surface area contributed by atoms with Crippen molar-refractivity contribution >= 4 is 10.8 Å². The topological polar surface area (TPSA) is 9.23 Å². The molecule has 4 heteroatoms. The largest absolute Gasteiger partial charge is 0.491 e. The molecule has 2 aromatic carbocycles. The first-order valence-electron chi connectivity index (χ1n) is 10.8. The van der Waals surface area contributed by atoms with Crippen molar-refractivity contribution in [1.82, 2.24) is 0 Å². The maximum absolute atomic E-state index is 14.6. The molecule has 0 N–H and O–H groups in total. The Balaban J connectivity index is 1.69. The van der Waals surface area contributed by atoms with Gasteiger partial charge in [-0.15, -0.1) is 0 Å². The summed E-state index contributed by atoms with van der Waals surface area (Å²) in [6.45, 7) is 4.22. The van der Waals surface area contributed by atoms with E-state index in [9.17, 15) is 13.2 Å². The first kappa shape index (κ1) is 21.0. The molecule has 0 bridgehead atoms. The molecule has 0 heterocycles. The minimum Gasteiger partial charge on any atom is -0.491 e. The minimum atomic E-state index is -1.10. The number of halogens is 3. The smallest absolute Gasteiger partial charge is 0.175 e. The van der Waals surface area contributed by atoms with Gasteiger partial charge in [-0.05, 0) is 54.7 Å². The van der Waals surface area contributed by atoms with Gasteiger partial charge in [0.1, 0.15) is 0 Å². The van der Waals surface area contributed by atoms with Gasteiger partial charge in [-0.2, -0.15) is 0 Å². The van der Waals surface area contributed by atoms with E-state index in [1.54, 1.807) is 19.1 Å². The second kappa shape index (κ2) is 9.67. The van der Waals surface area contributed by atoms with Crippen LogP contribution in [0.3, 0.4) is 0 Å². The molecule has 28 heavy (non-hydrogen) atoms. The Labute approximate surface area is 166 Å². The van der Waals surface area contributed by atoms with Crippen LogP contribution in [0.15, 0.2) is 18.2 Å². The van der Waals surface area contributed by atoms with Crippen molar-refractivity contribution in [3.63, 3.8) is 0 Å². The van der Waals surface area contributed by atoms with E-state index in [2.05, 4.69) is 6.92 Å². The molecule has 0 spiro atoms. The molecule has 2 aromatic rings. The standard InChI is InChI=1S/C24H31F3O/c1-3-5-6-16-7-9-17(10-8-16)11-12-19-15-18-13-14-20(28-4-2)23(26)21(18)24(27)22(19)25/h13-17H,3-12H2,1-2H3. The van der Waals surface area contributed by atoms with Crippen molar-refractivity contribution < 1.29 is 17.9 Å². The zero-order valence-electron chi connectivity index (χ0n) is 17.0. The molecule has 0 aromatic heterocycles. The third-order valence-electron chi connectivity index (χ3n) is 6.22. The minimum absolute atomic E-state index is 0.0408. The lowest BCUT2D eigenvalue weighted by Gasteiger charge is -2.28. The monoisotopic (exact) mass is 392 g/mol. The lowest BCUT2D eigenvalue weighted by atomic mass is 9.78. The molecule has 0 saturated heterocycles. The summed E-state index contributed by atoms with van der Waals surface area (Å²) in [6.07, 6.45) is 10.1. The van der Waals surface area contributed by atoms with Gasteiger partial charge in [-0.25, -0.2) is 13.2 Å². The molecular formula is C24H31F3O. The van der Waals surface area contributed by atoms with Gasteiger partial charge < -0.3 is 4.74 Å². The molecule has 0 radical (unpaired) electrons. The SMILES string of the molecule is CCCCC1CCC(CCc2cc3ccc(OCC)c(F)c3c(F)c2F)CC1. The zero-order valence-corrected chi connectivity index (χ0v) is 17.0. The summed E-state index contributed by atoms with van der Waals surface area (Å²) >= 11 is 0. The number of unbranched alkanes of at least 4 members (excludes halogenated alkanes) is 1. The van der Waals surface area contributed by atoms with Gasteiger partial charge in [0.05, 0.1) is 12.0 Å². The summed E-state index contributed by atoms with van der Waals surface area (Å²) < 4.78 is 48.9. The number of aryl methyl sites for hydroxylation is 1. The lowest BCUT2D eigenvalue weighted by Crippen LogP contribution is -2.15. The van der Waals surface area contributed by atoms with Crippen LogP contribution in [0.5, 0.6) is 5.75 Å². The number of hydrogen-bond acceptors (Lipinski definition) is 1. The van der Waals surface area contributed by atoms with Crippen LogP contribution in [0.25, 0.3) is 10.8 Å². The van der Waals surface area contributed by atoms with Crippen molar-refractivity contribution in [1.29, 1.82) is 0 Å². The summed E-state index contributed by atoms with van der Waals surface area (Å²) in [5.74, 6) is -1.47. The fraction of sp³-hybridized carbons (Fsp3) is 0.583. The van der Waals surface area contributed by atoms with Crippen molar-refractivity contribution in [2.24, 2.45) is 11.8 Å². The van der Waals surface area contributed by atoms with Gasteiger partial charge in [-0.3, -0.25) is 0 Å². The first-order chi connectivity index (χ1) is 13.5. The highest BCUT2D eigenvalue weighted by Crippen LogP contribution is 2.36. The van der Waals surface area contributed by atoms with Gasteiger partial charge >= 0.3 is 0 Å². The second-order valence-electron chi connectivity index (χ2n) is 8.14. The number of benzene rings is 2. The van der Waals surface area contributed by atoms with Crippen molar-refractivity contribution in [2.75, 3.05) is 6.61 Å². The Kier molecular flexibility index (Phi) is 7.25. The molecule has 1 aliphatic rings. The predicted octanol–water partition coefficient (Wildman–Crippen LogP) is 7.59. The van der Waals surface area contributed by atoms with Crippen molar-refractivity contribution in [3.05, 3.63) is 41.2 Å². The van der Waals surface area contributed by atoms with Crippen LogP contribution in [0.2, 0.25) is 0 Å². The number of ether oxygens (including phenoxy) is 1. The normalized spacial score (nSPS) is 19.9. The van der Waals surface area contributed by atoms with E-state index in [1.165, 1.54) is 51.0 Å². The van der Waals surface area contributed by atoms with E-state index in [1.807, 2.05) is 0 Å². The average molecular weight is 393 g/mol. The molecule has 1 fully saturated rings. The van der Waals surface area contributed by atoms with Gasteiger partial charge in [0, 0.05) is 0 Å². The molecule has 1 nitrogen and oxygen atoms in total. The van der Waals surface area contributed by atoms with Crippen molar-refractivity contribution in [2.45, 2.75) is 71.6 Å². The number of rotatable bonds is 8. The molecule has 0 amide bonds. The summed E-state index contributed by atoms with van der Waals surface area (Å²) in [5, 5.41) is 0.0711. The Morgan fingerprint density at radius 3 is 2.21 bits per heavy atom. The highest BCUT2D eigenvalue weighted by atomic mass is 19.2. The summed E-state index contributed by atoms with van der Waals surface area (Å²) in [6, 6.07) is 4.69. The van der Waals surface area contributed by atoms with Gasteiger partial charge in [0.25, 0.3) is 0 Å². The Morgan fingerprint density at radius 2 is 1.57 bits per heavy atom. The average Bonchev–Trinajstić information content (AvgIpc) is 2.71. The third kappa shape index (κ3) is 4.64. The van der Waals surface area contributed by atoms with E-state index in [0.29, 0.717) is 23.3 Å². The first-order valence-corrected chi connectivity index (χ1v) is 10.8. The van der Waals surface area contributed by atoms with Crippen molar-refractivity contribution in [3.8, 4) is 5.75 Å². The van der Waals surface area contributed by atoms with Gasteiger partial charge in [-0.1, -0.05) is 57.9 Å². The number of fused-ring (bicyclic) bond motifs is 1. The molecule has 0 atom stereocenters. The van der Waals surface area contributed by atoms with Crippen LogP contribution in [0.4, 0.5) is 13.2 Å². The fourth-order valence-electron chi connectivity index (χ4n) is 4.53. The van der Waals surface area contributed by atoms with Crippen LogP contribution in [-0.4, -0.2) is 6.61 Å². The predicted molar refractivity (Wildman–Crippen MR) is 108 cm³/mol. The van der Waals surface area contributed by atoms with E-state index in [4.69, 9.17) is 4.74 Å². The Hall–Kier alpha value is -1.71. The maximum atomic E-state index is 14.6. The van der Waals surface area contributed by atoms with Crippen LogP contribution in [-0.2, 0) is 6.42 Å². The molecule has 1 saturated carbocycles. The summed E-state index contributed by atoms with van der Waals surface area (Å²) in [7, 11) is 0. The molecule has 0 aliphatic heterocycles. The molecule has 0 unspecified atom stereocenters. The lowest BCUT2D eigenvalue weighted by molar-refractivity contribution is 0.249. The molecule has 1 aliphatic carbocycles. The quantitative estimate of drug-likeness (QED) is 0.450. The Bertz CT molecular complexity index is 794. The zero-order chi connectivity index (χ0) is 20.1. The van der Waals surface area contributed by atoms with Crippen LogP contribution >= 0.6 is 0 Å². The highest BCUT2D eigenvalue weighted by molar-refractivity contribution is 5.86. The number of hydrogen-bond donors (Lipinski definition) is 0. The van der Waals surface area contributed by atoms with E-state index >= 15 is 0 Å².